The summed E-state index contributed by atoms with van der Waals surface area (Å²) in [6.45, 7) is 5.28. The van der Waals surface area contributed by atoms with E-state index in [2.05, 4.69) is 26.7 Å². The standard InChI is InChI=1S/C21H32N4O/c1-2-6-17-13-22-16-23-20(17)24-12-5-10-21(14-24)11-9-19(26)25(15-21)18-7-3-4-8-18/h13,16,18H,2-12,14-15H2,1H3/t21-/m1/s1. The molecule has 0 radical (unpaired) electrons. The molecule has 0 unspecified atom stereocenters. The predicted octanol–water partition coefficient (Wildman–Crippen LogP) is 3.58. The van der Waals surface area contributed by atoms with Gasteiger partial charge in [0, 0.05) is 49.3 Å². The van der Waals surface area contributed by atoms with Crippen LogP contribution < -0.4 is 4.90 Å². The molecule has 0 N–H and O–H groups in total. The molecule has 1 aliphatic carbocycles. The number of rotatable bonds is 4. The first-order chi connectivity index (χ1) is 12.7. The highest BCUT2D eigenvalue weighted by Gasteiger charge is 2.44. The number of aryl methyl sites for hydroxylation is 1. The van der Waals surface area contributed by atoms with E-state index in [1.54, 1.807) is 6.33 Å². The molecule has 5 nitrogen and oxygen atoms in total. The van der Waals surface area contributed by atoms with E-state index in [-0.39, 0.29) is 5.41 Å². The minimum Gasteiger partial charge on any atom is -0.356 e. The van der Waals surface area contributed by atoms with Gasteiger partial charge in [-0.05, 0) is 38.5 Å². The number of hydrogen-bond donors (Lipinski definition) is 0. The number of aromatic nitrogens is 2. The summed E-state index contributed by atoms with van der Waals surface area (Å²) in [7, 11) is 0. The van der Waals surface area contributed by atoms with Crippen LogP contribution in [-0.4, -0.2) is 46.5 Å². The van der Waals surface area contributed by atoms with Crippen LogP contribution >= 0.6 is 0 Å². The van der Waals surface area contributed by atoms with Crippen LogP contribution in [0.15, 0.2) is 12.5 Å². The molecule has 0 bridgehead atoms. The van der Waals surface area contributed by atoms with Gasteiger partial charge < -0.3 is 9.80 Å². The highest BCUT2D eigenvalue weighted by Crippen LogP contribution is 2.42. The summed E-state index contributed by atoms with van der Waals surface area (Å²) in [5.41, 5.74) is 1.52. The molecule has 3 fully saturated rings. The molecule has 26 heavy (non-hydrogen) atoms. The fraction of sp³-hybridized carbons (Fsp3) is 0.762. The summed E-state index contributed by atoms with van der Waals surface area (Å²) in [5, 5.41) is 0. The van der Waals surface area contributed by atoms with Crippen molar-refractivity contribution < 1.29 is 4.79 Å². The average molecular weight is 357 g/mol. The summed E-state index contributed by atoms with van der Waals surface area (Å²) < 4.78 is 0. The maximum atomic E-state index is 12.6. The molecule has 2 aliphatic heterocycles. The summed E-state index contributed by atoms with van der Waals surface area (Å²) in [4.78, 5) is 26.2. The van der Waals surface area contributed by atoms with E-state index in [4.69, 9.17) is 0 Å². The van der Waals surface area contributed by atoms with Crippen molar-refractivity contribution in [1.82, 2.24) is 14.9 Å². The fourth-order valence-corrected chi connectivity index (χ4v) is 5.40. The Morgan fingerprint density at radius 3 is 2.85 bits per heavy atom. The largest absolute Gasteiger partial charge is 0.356 e. The maximum Gasteiger partial charge on any atom is 0.222 e. The van der Waals surface area contributed by atoms with Gasteiger partial charge in [0.25, 0.3) is 0 Å². The molecule has 3 aliphatic rings. The zero-order chi connectivity index (χ0) is 18.0. The van der Waals surface area contributed by atoms with Crippen molar-refractivity contribution in [3.05, 3.63) is 18.1 Å². The summed E-state index contributed by atoms with van der Waals surface area (Å²) in [6, 6.07) is 0.504. The molecule has 1 atom stereocenters. The van der Waals surface area contributed by atoms with E-state index < -0.39 is 0 Å². The number of piperidine rings is 2. The highest BCUT2D eigenvalue weighted by atomic mass is 16.2. The van der Waals surface area contributed by atoms with Crippen molar-refractivity contribution in [2.75, 3.05) is 24.5 Å². The van der Waals surface area contributed by atoms with Gasteiger partial charge >= 0.3 is 0 Å². The Labute approximate surface area is 157 Å². The molecule has 5 heteroatoms. The molecule has 2 saturated heterocycles. The molecule has 1 aromatic rings. The third-order valence-corrected chi connectivity index (χ3v) is 6.71. The first-order valence-corrected chi connectivity index (χ1v) is 10.5. The highest BCUT2D eigenvalue weighted by molar-refractivity contribution is 5.77. The molecule has 4 rings (SSSR count). The molecule has 1 amide bonds. The van der Waals surface area contributed by atoms with Crippen LogP contribution in [0.4, 0.5) is 5.82 Å². The second kappa shape index (κ2) is 7.53. The topological polar surface area (TPSA) is 49.3 Å². The molecule has 3 heterocycles. The Morgan fingerprint density at radius 2 is 2.04 bits per heavy atom. The van der Waals surface area contributed by atoms with E-state index in [0.717, 1.165) is 51.1 Å². The average Bonchev–Trinajstić information content (AvgIpc) is 3.19. The van der Waals surface area contributed by atoms with Gasteiger partial charge in [-0.15, -0.1) is 0 Å². The quantitative estimate of drug-likeness (QED) is 0.827. The van der Waals surface area contributed by atoms with Gasteiger partial charge in [-0.25, -0.2) is 9.97 Å². The fourth-order valence-electron chi connectivity index (χ4n) is 5.40. The number of hydrogen-bond acceptors (Lipinski definition) is 4. The number of anilines is 1. The minimum atomic E-state index is 0.253. The van der Waals surface area contributed by atoms with Crippen LogP contribution in [0.5, 0.6) is 0 Å². The third-order valence-electron chi connectivity index (χ3n) is 6.71. The summed E-state index contributed by atoms with van der Waals surface area (Å²) >= 11 is 0. The van der Waals surface area contributed by atoms with Crippen molar-refractivity contribution in [2.24, 2.45) is 5.41 Å². The maximum absolute atomic E-state index is 12.6. The first-order valence-electron chi connectivity index (χ1n) is 10.5. The molecular formula is C21H32N4O. The van der Waals surface area contributed by atoms with E-state index >= 15 is 0 Å². The van der Waals surface area contributed by atoms with Gasteiger partial charge in [0.15, 0.2) is 0 Å². The van der Waals surface area contributed by atoms with Gasteiger partial charge in [-0.2, -0.15) is 0 Å². The summed E-state index contributed by atoms with van der Waals surface area (Å²) in [5.74, 6) is 1.53. The van der Waals surface area contributed by atoms with Gasteiger partial charge in [0.05, 0.1) is 0 Å². The molecule has 0 aromatic carbocycles. The van der Waals surface area contributed by atoms with Crippen LogP contribution in [0, 0.1) is 5.41 Å². The van der Waals surface area contributed by atoms with Gasteiger partial charge in [0.1, 0.15) is 12.1 Å². The zero-order valence-corrected chi connectivity index (χ0v) is 16.1. The van der Waals surface area contributed by atoms with E-state index in [1.165, 1.54) is 44.1 Å². The lowest BCUT2D eigenvalue weighted by Crippen LogP contribution is -2.56. The number of likely N-dealkylation sites (tertiary alicyclic amines) is 1. The van der Waals surface area contributed by atoms with Crippen molar-refractivity contribution in [2.45, 2.75) is 77.2 Å². The lowest BCUT2D eigenvalue weighted by atomic mass is 9.73. The lowest BCUT2D eigenvalue weighted by molar-refractivity contribution is -0.140. The van der Waals surface area contributed by atoms with Gasteiger partial charge in [-0.3, -0.25) is 4.79 Å². The summed E-state index contributed by atoms with van der Waals surface area (Å²) in [6.07, 6.45) is 15.0. The van der Waals surface area contributed by atoms with E-state index in [9.17, 15) is 4.79 Å². The van der Waals surface area contributed by atoms with Crippen molar-refractivity contribution >= 4 is 11.7 Å². The second-order valence-electron chi connectivity index (χ2n) is 8.61. The number of nitrogens with zero attached hydrogens (tertiary/aromatic N) is 4. The third kappa shape index (κ3) is 3.45. The molecule has 1 spiro atoms. The van der Waals surface area contributed by atoms with Crippen molar-refractivity contribution in [1.29, 1.82) is 0 Å². The van der Waals surface area contributed by atoms with Gasteiger partial charge in [0.2, 0.25) is 5.91 Å². The van der Waals surface area contributed by atoms with Crippen LogP contribution in [0.2, 0.25) is 0 Å². The normalized spacial score (nSPS) is 27.5. The van der Waals surface area contributed by atoms with E-state index in [1.807, 2.05) is 6.20 Å². The number of carbonyl (C=O) groups excluding carboxylic acids is 1. The Kier molecular flexibility index (Phi) is 5.14. The van der Waals surface area contributed by atoms with Crippen LogP contribution in [0.1, 0.15) is 70.3 Å². The van der Waals surface area contributed by atoms with Crippen LogP contribution in [-0.2, 0) is 11.2 Å². The van der Waals surface area contributed by atoms with Crippen LogP contribution in [0.3, 0.4) is 0 Å². The Bertz CT molecular complexity index is 643. The Hall–Kier alpha value is -1.65. The second-order valence-corrected chi connectivity index (χ2v) is 8.61. The Balaban J connectivity index is 1.53. The van der Waals surface area contributed by atoms with E-state index in [0.29, 0.717) is 11.9 Å². The zero-order valence-electron chi connectivity index (χ0n) is 16.1. The van der Waals surface area contributed by atoms with Crippen molar-refractivity contribution in [3.8, 4) is 0 Å². The molecule has 1 saturated carbocycles. The first kappa shape index (κ1) is 17.7. The monoisotopic (exact) mass is 356 g/mol. The number of carbonyl (C=O) groups is 1. The minimum absolute atomic E-state index is 0.253. The van der Waals surface area contributed by atoms with Crippen molar-refractivity contribution in [3.63, 3.8) is 0 Å². The van der Waals surface area contributed by atoms with Crippen LogP contribution in [0.25, 0.3) is 0 Å². The smallest absolute Gasteiger partial charge is 0.222 e. The molecule has 1 aromatic heterocycles. The molecule has 142 valence electrons. The predicted molar refractivity (Wildman–Crippen MR) is 103 cm³/mol. The Morgan fingerprint density at radius 1 is 1.19 bits per heavy atom. The van der Waals surface area contributed by atoms with Gasteiger partial charge in [-0.1, -0.05) is 26.2 Å². The number of amides is 1. The lowest BCUT2D eigenvalue weighted by Gasteiger charge is -2.50. The molecular weight excluding hydrogens is 324 g/mol. The SMILES string of the molecule is CCCc1cncnc1N1CCC[C@@]2(CCC(=O)N(C3CCCC3)C2)C1.